The van der Waals surface area contributed by atoms with Crippen molar-refractivity contribution in [1.29, 1.82) is 0 Å². The van der Waals surface area contributed by atoms with E-state index in [1.807, 2.05) is 0 Å². The van der Waals surface area contributed by atoms with E-state index < -0.39 is 34.0 Å². The molecule has 2 unspecified atom stereocenters. The quantitative estimate of drug-likeness (QED) is 0.813. The number of carboxylic acid groups (broad SMARTS) is 1. The first-order chi connectivity index (χ1) is 10.3. The van der Waals surface area contributed by atoms with Crippen LogP contribution in [0.2, 0.25) is 5.02 Å². The predicted octanol–water partition coefficient (Wildman–Crippen LogP) is 1.70. The monoisotopic (exact) mass is 351 g/mol. The lowest BCUT2D eigenvalue weighted by Gasteiger charge is -2.17. The molecule has 6 nitrogen and oxygen atoms in total. The fraction of sp³-hybridized carbons (Fsp3) is 0.462. The molecule has 1 saturated heterocycles. The Morgan fingerprint density at radius 3 is 2.82 bits per heavy atom. The predicted molar refractivity (Wildman–Crippen MR) is 77.7 cm³/mol. The summed E-state index contributed by atoms with van der Waals surface area (Å²) in [5.74, 6) is -2.58. The lowest BCUT2D eigenvalue weighted by atomic mass is 10.1. The van der Waals surface area contributed by atoms with Crippen LogP contribution >= 0.6 is 11.6 Å². The number of aliphatic carboxylic acids is 1. The summed E-state index contributed by atoms with van der Waals surface area (Å²) in [5.41, 5.74) is -0.0367. The van der Waals surface area contributed by atoms with Gasteiger partial charge in [-0.05, 0) is 30.5 Å². The molecule has 0 saturated carbocycles. The van der Waals surface area contributed by atoms with Gasteiger partial charge in [-0.15, -0.1) is 0 Å². The van der Waals surface area contributed by atoms with Crippen molar-refractivity contribution in [2.45, 2.75) is 25.0 Å². The van der Waals surface area contributed by atoms with Crippen LogP contribution in [0.25, 0.3) is 0 Å². The first-order valence-corrected chi connectivity index (χ1v) is 8.61. The smallest absolute Gasteiger partial charge is 0.326 e. The third kappa shape index (κ3) is 4.39. The highest BCUT2D eigenvalue weighted by Crippen LogP contribution is 2.22. The molecule has 0 aliphatic carbocycles. The van der Waals surface area contributed by atoms with Crippen molar-refractivity contribution < 1.29 is 27.4 Å². The van der Waals surface area contributed by atoms with Gasteiger partial charge in [0.05, 0.1) is 16.9 Å². The van der Waals surface area contributed by atoms with E-state index in [0.29, 0.717) is 13.0 Å². The van der Waals surface area contributed by atoms with Gasteiger partial charge in [0.2, 0.25) is 10.0 Å². The zero-order valence-corrected chi connectivity index (χ0v) is 13.0. The summed E-state index contributed by atoms with van der Waals surface area (Å²) in [6.07, 6.45) is 0.924. The van der Waals surface area contributed by atoms with E-state index in [1.165, 1.54) is 12.1 Å². The maximum atomic E-state index is 13.4. The number of ether oxygens (including phenoxy) is 1. The molecule has 9 heteroatoms. The molecule has 1 heterocycles. The number of hydrogen-bond acceptors (Lipinski definition) is 4. The van der Waals surface area contributed by atoms with Gasteiger partial charge in [-0.2, -0.15) is 4.72 Å². The maximum absolute atomic E-state index is 13.4. The second kappa shape index (κ2) is 6.91. The van der Waals surface area contributed by atoms with Gasteiger partial charge in [0.1, 0.15) is 11.9 Å². The molecule has 1 aliphatic heterocycles. The van der Waals surface area contributed by atoms with Crippen molar-refractivity contribution in [3.05, 3.63) is 34.6 Å². The van der Waals surface area contributed by atoms with Crippen molar-refractivity contribution in [1.82, 2.24) is 4.72 Å². The van der Waals surface area contributed by atoms with Crippen molar-refractivity contribution in [3.8, 4) is 0 Å². The average molecular weight is 352 g/mol. The molecule has 2 N–H and O–H groups in total. The van der Waals surface area contributed by atoms with E-state index in [1.54, 1.807) is 0 Å². The minimum Gasteiger partial charge on any atom is -0.480 e. The highest BCUT2D eigenvalue weighted by molar-refractivity contribution is 7.89. The Hall–Kier alpha value is -1.22. The van der Waals surface area contributed by atoms with E-state index in [9.17, 15) is 22.7 Å². The molecule has 22 heavy (non-hydrogen) atoms. The van der Waals surface area contributed by atoms with Crippen LogP contribution in [0.4, 0.5) is 4.39 Å². The van der Waals surface area contributed by atoms with Gasteiger partial charge in [0.15, 0.2) is 0 Å². The topological polar surface area (TPSA) is 92.7 Å². The van der Waals surface area contributed by atoms with E-state index in [-0.39, 0.29) is 16.3 Å². The van der Waals surface area contributed by atoms with Crippen LogP contribution in [-0.2, 0) is 19.6 Å². The first-order valence-electron chi connectivity index (χ1n) is 6.58. The highest BCUT2D eigenvalue weighted by atomic mass is 35.5. The van der Waals surface area contributed by atoms with Crippen molar-refractivity contribution >= 4 is 27.6 Å². The second-order valence-corrected chi connectivity index (χ2v) is 7.18. The van der Waals surface area contributed by atoms with E-state index in [4.69, 9.17) is 16.3 Å². The molecular formula is C13H15ClFNO5S. The van der Waals surface area contributed by atoms with E-state index in [2.05, 4.69) is 4.72 Å². The average Bonchev–Trinajstić information content (AvgIpc) is 2.91. The number of nitrogens with one attached hydrogen (secondary N) is 1. The van der Waals surface area contributed by atoms with Crippen LogP contribution in [-0.4, -0.2) is 38.0 Å². The van der Waals surface area contributed by atoms with Crippen molar-refractivity contribution in [2.24, 2.45) is 0 Å². The van der Waals surface area contributed by atoms with Crippen molar-refractivity contribution in [3.63, 3.8) is 0 Å². The summed E-state index contributed by atoms with van der Waals surface area (Å²) in [6.45, 7) is 0.491. The minimum absolute atomic E-state index is 0.0367. The molecular weight excluding hydrogens is 337 g/mol. The number of benzene rings is 1. The van der Waals surface area contributed by atoms with Gasteiger partial charge in [0, 0.05) is 6.61 Å². The number of hydrogen-bond donors (Lipinski definition) is 2. The zero-order valence-electron chi connectivity index (χ0n) is 11.5. The minimum atomic E-state index is -3.89. The zero-order chi connectivity index (χ0) is 16.3. The van der Waals surface area contributed by atoms with Crippen LogP contribution in [0.1, 0.15) is 24.4 Å². The molecule has 2 atom stereocenters. The summed E-state index contributed by atoms with van der Waals surface area (Å²) >= 11 is 5.53. The maximum Gasteiger partial charge on any atom is 0.326 e. The molecule has 0 radical (unpaired) electrons. The fourth-order valence-electron chi connectivity index (χ4n) is 2.20. The first kappa shape index (κ1) is 17.1. The van der Waals surface area contributed by atoms with Gasteiger partial charge < -0.3 is 9.84 Å². The number of carbonyl (C=O) groups is 1. The molecule has 1 fully saturated rings. The summed E-state index contributed by atoms with van der Waals surface area (Å²) in [7, 11) is -3.89. The largest absolute Gasteiger partial charge is 0.480 e. The van der Waals surface area contributed by atoms with E-state index >= 15 is 0 Å². The molecule has 0 aromatic heterocycles. The van der Waals surface area contributed by atoms with E-state index in [0.717, 1.165) is 12.5 Å². The second-order valence-electron chi connectivity index (χ2n) is 4.98. The van der Waals surface area contributed by atoms with Gasteiger partial charge >= 0.3 is 5.97 Å². The molecule has 1 aromatic carbocycles. The van der Waals surface area contributed by atoms with Crippen LogP contribution in [0, 0.1) is 5.82 Å². The number of halogens is 2. The Kier molecular flexibility index (Phi) is 5.38. The van der Waals surface area contributed by atoms with Crippen LogP contribution in [0.5, 0.6) is 0 Å². The van der Waals surface area contributed by atoms with Gasteiger partial charge in [-0.1, -0.05) is 17.7 Å². The standard InChI is InChI=1S/C13H15ClFNO5S/c14-10-4-3-8(6-11(10)15)12(13(17)18)16-22(19,20)7-9-2-1-5-21-9/h3-4,6,9,12,16H,1-2,5,7H2,(H,17,18). The summed E-state index contributed by atoms with van der Waals surface area (Å²) in [6, 6.07) is 1.75. The normalized spacial score (nSPS) is 20.0. The molecule has 2 rings (SSSR count). The lowest BCUT2D eigenvalue weighted by Crippen LogP contribution is -2.38. The van der Waals surface area contributed by atoms with Crippen LogP contribution in [0.15, 0.2) is 18.2 Å². The van der Waals surface area contributed by atoms with Crippen LogP contribution in [0.3, 0.4) is 0 Å². The summed E-state index contributed by atoms with van der Waals surface area (Å²) < 4.78 is 44.8. The Balaban J connectivity index is 2.17. The SMILES string of the molecule is O=C(O)C(NS(=O)(=O)CC1CCCO1)c1ccc(Cl)c(F)c1. The Labute approximate surface area is 132 Å². The van der Waals surface area contributed by atoms with Gasteiger partial charge in [-0.25, -0.2) is 12.8 Å². The number of rotatable bonds is 6. The Morgan fingerprint density at radius 1 is 1.55 bits per heavy atom. The highest BCUT2D eigenvalue weighted by Gasteiger charge is 2.29. The Bertz CT molecular complexity index is 660. The fourth-order valence-corrected chi connectivity index (χ4v) is 3.76. The molecule has 0 bridgehead atoms. The summed E-state index contributed by atoms with van der Waals surface area (Å²) in [5, 5.41) is 9.03. The number of sulfonamides is 1. The van der Waals surface area contributed by atoms with Gasteiger partial charge in [0.25, 0.3) is 0 Å². The third-order valence-electron chi connectivity index (χ3n) is 3.25. The molecule has 0 spiro atoms. The molecule has 1 aromatic rings. The molecule has 0 amide bonds. The van der Waals surface area contributed by atoms with Crippen molar-refractivity contribution in [2.75, 3.05) is 12.4 Å². The van der Waals surface area contributed by atoms with Crippen LogP contribution < -0.4 is 4.72 Å². The number of carboxylic acids is 1. The lowest BCUT2D eigenvalue weighted by molar-refractivity contribution is -0.139. The molecule has 122 valence electrons. The Morgan fingerprint density at radius 2 is 2.27 bits per heavy atom. The third-order valence-corrected chi connectivity index (χ3v) is 4.96. The molecule has 1 aliphatic rings. The summed E-state index contributed by atoms with van der Waals surface area (Å²) in [4.78, 5) is 11.3. The van der Waals surface area contributed by atoms with Gasteiger partial charge in [-0.3, -0.25) is 4.79 Å².